The van der Waals surface area contributed by atoms with Crippen LogP contribution in [0.3, 0.4) is 0 Å². The Kier molecular flexibility index (Phi) is 5.47. The van der Waals surface area contributed by atoms with E-state index in [9.17, 15) is 4.79 Å². The molecule has 0 aliphatic rings. The summed E-state index contributed by atoms with van der Waals surface area (Å²) in [5.41, 5.74) is 2.73. The highest BCUT2D eigenvalue weighted by atomic mass is 16.5. The smallest absolute Gasteiger partial charge is 0.165 e. The second kappa shape index (κ2) is 8.15. The summed E-state index contributed by atoms with van der Waals surface area (Å²) in [6, 6.07) is 27.0. The second-order valence-corrected chi connectivity index (χ2v) is 5.83. The molecular formula is C22H21NO2. The lowest BCUT2D eigenvalue weighted by Gasteiger charge is -2.20. The van der Waals surface area contributed by atoms with Gasteiger partial charge < -0.3 is 10.1 Å². The van der Waals surface area contributed by atoms with Crippen LogP contribution in [0.2, 0.25) is 0 Å². The molecule has 0 heterocycles. The van der Waals surface area contributed by atoms with Crippen molar-refractivity contribution in [2.75, 3.05) is 12.4 Å². The Hall–Kier alpha value is -3.07. The fraction of sp³-hybridized carbons (Fsp3) is 0.136. The van der Waals surface area contributed by atoms with Crippen molar-refractivity contribution in [2.24, 2.45) is 0 Å². The molecule has 0 saturated heterocycles. The normalized spacial score (nSPS) is 11.6. The quantitative estimate of drug-likeness (QED) is 0.611. The van der Waals surface area contributed by atoms with Gasteiger partial charge in [0.25, 0.3) is 0 Å². The summed E-state index contributed by atoms with van der Waals surface area (Å²) in [4.78, 5) is 12.7. The molecule has 0 aromatic heterocycles. The van der Waals surface area contributed by atoms with Crippen LogP contribution in [-0.4, -0.2) is 12.9 Å². The highest BCUT2D eigenvalue weighted by Gasteiger charge is 2.18. The molecule has 3 rings (SSSR count). The number of rotatable bonds is 7. The highest BCUT2D eigenvalue weighted by molar-refractivity contribution is 5.96. The molecule has 0 saturated carbocycles. The lowest BCUT2D eigenvalue weighted by molar-refractivity contribution is 0.0976. The van der Waals surface area contributed by atoms with Crippen LogP contribution < -0.4 is 10.1 Å². The van der Waals surface area contributed by atoms with E-state index in [0.717, 1.165) is 22.6 Å². The zero-order valence-corrected chi connectivity index (χ0v) is 14.2. The number of nitrogens with one attached hydrogen (secondary N) is 1. The standard InChI is InChI=1S/C22H21NO2/c1-25-20-14-8-11-18(15-20)21(23-19-12-6-3-7-13-19)16-22(24)17-9-4-2-5-10-17/h2-15,21,23H,16H2,1H3. The summed E-state index contributed by atoms with van der Waals surface area (Å²) in [5.74, 6) is 0.890. The number of carbonyl (C=O) groups excluding carboxylic acids is 1. The number of hydrogen-bond acceptors (Lipinski definition) is 3. The monoisotopic (exact) mass is 331 g/mol. The predicted molar refractivity (Wildman–Crippen MR) is 101 cm³/mol. The molecule has 1 atom stereocenters. The van der Waals surface area contributed by atoms with Crippen molar-refractivity contribution < 1.29 is 9.53 Å². The Morgan fingerprint density at radius 2 is 1.60 bits per heavy atom. The van der Waals surface area contributed by atoms with Gasteiger partial charge in [-0.05, 0) is 29.8 Å². The third kappa shape index (κ3) is 4.48. The number of hydrogen-bond donors (Lipinski definition) is 1. The summed E-state index contributed by atoms with van der Waals surface area (Å²) in [5, 5.41) is 3.47. The van der Waals surface area contributed by atoms with Crippen molar-refractivity contribution >= 4 is 11.5 Å². The van der Waals surface area contributed by atoms with Gasteiger partial charge in [0.2, 0.25) is 0 Å². The van der Waals surface area contributed by atoms with Gasteiger partial charge in [0.15, 0.2) is 5.78 Å². The summed E-state index contributed by atoms with van der Waals surface area (Å²) in [6.07, 6.45) is 0.367. The van der Waals surface area contributed by atoms with E-state index in [1.807, 2.05) is 84.9 Å². The molecule has 0 aliphatic carbocycles. The van der Waals surface area contributed by atoms with Crippen molar-refractivity contribution in [3.8, 4) is 5.75 Å². The third-order valence-corrected chi connectivity index (χ3v) is 4.10. The van der Waals surface area contributed by atoms with Crippen LogP contribution in [0.4, 0.5) is 5.69 Å². The number of methoxy groups -OCH3 is 1. The number of carbonyl (C=O) groups is 1. The van der Waals surface area contributed by atoms with Gasteiger partial charge in [-0.15, -0.1) is 0 Å². The Labute approximate surface area is 148 Å². The van der Waals surface area contributed by atoms with Crippen LogP contribution in [0.25, 0.3) is 0 Å². The van der Waals surface area contributed by atoms with E-state index in [4.69, 9.17) is 4.74 Å². The third-order valence-electron chi connectivity index (χ3n) is 4.10. The van der Waals surface area contributed by atoms with E-state index in [1.54, 1.807) is 7.11 Å². The zero-order chi connectivity index (χ0) is 17.5. The van der Waals surface area contributed by atoms with Crippen molar-refractivity contribution in [3.63, 3.8) is 0 Å². The number of para-hydroxylation sites is 1. The van der Waals surface area contributed by atoms with E-state index in [1.165, 1.54) is 0 Å². The molecule has 25 heavy (non-hydrogen) atoms. The van der Waals surface area contributed by atoms with Gasteiger partial charge in [0.1, 0.15) is 5.75 Å². The van der Waals surface area contributed by atoms with Gasteiger partial charge >= 0.3 is 0 Å². The topological polar surface area (TPSA) is 38.3 Å². The maximum Gasteiger partial charge on any atom is 0.165 e. The lowest BCUT2D eigenvalue weighted by atomic mass is 9.97. The maximum absolute atomic E-state index is 12.7. The number of ketones is 1. The first-order valence-electron chi connectivity index (χ1n) is 8.30. The molecule has 0 amide bonds. The molecule has 3 aromatic rings. The number of Topliss-reactive ketones (excluding diaryl/α,β-unsaturated/α-hetero) is 1. The van der Waals surface area contributed by atoms with Crippen LogP contribution >= 0.6 is 0 Å². The fourth-order valence-corrected chi connectivity index (χ4v) is 2.77. The Morgan fingerprint density at radius 1 is 0.920 bits per heavy atom. The molecule has 0 fully saturated rings. The Bertz CT molecular complexity index is 816. The van der Waals surface area contributed by atoms with Crippen molar-refractivity contribution in [1.29, 1.82) is 0 Å². The Morgan fingerprint density at radius 3 is 2.28 bits per heavy atom. The van der Waals surface area contributed by atoms with E-state index in [0.29, 0.717) is 6.42 Å². The van der Waals surface area contributed by atoms with Gasteiger partial charge in [0.05, 0.1) is 13.2 Å². The molecule has 0 aliphatic heterocycles. The summed E-state index contributed by atoms with van der Waals surface area (Å²) in [6.45, 7) is 0. The molecule has 3 aromatic carbocycles. The summed E-state index contributed by atoms with van der Waals surface area (Å²) in [7, 11) is 1.65. The van der Waals surface area contributed by atoms with Crippen molar-refractivity contribution in [3.05, 3.63) is 96.1 Å². The first-order chi connectivity index (χ1) is 12.3. The number of benzene rings is 3. The molecule has 3 nitrogen and oxygen atoms in total. The predicted octanol–water partition coefficient (Wildman–Crippen LogP) is 5.12. The number of anilines is 1. The van der Waals surface area contributed by atoms with Gasteiger partial charge in [-0.25, -0.2) is 0 Å². The van der Waals surface area contributed by atoms with Crippen LogP contribution in [0.1, 0.15) is 28.4 Å². The molecule has 1 unspecified atom stereocenters. The van der Waals surface area contributed by atoms with E-state index in [2.05, 4.69) is 5.32 Å². The first-order valence-corrected chi connectivity index (χ1v) is 8.30. The van der Waals surface area contributed by atoms with Gasteiger partial charge in [-0.3, -0.25) is 4.79 Å². The molecule has 126 valence electrons. The molecular weight excluding hydrogens is 310 g/mol. The highest BCUT2D eigenvalue weighted by Crippen LogP contribution is 2.27. The summed E-state index contributed by atoms with van der Waals surface area (Å²) >= 11 is 0. The van der Waals surface area contributed by atoms with Crippen LogP contribution in [-0.2, 0) is 0 Å². The zero-order valence-electron chi connectivity index (χ0n) is 14.2. The maximum atomic E-state index is 12.7. The minimum Gasteiger partial charge on any atom is -0.497 e. The van der Waals surface area contributed by atoms with Crippen molar-refractivity contribution in [1.82, 2.24) is 0 Å². The van der Waals surface area contributed by atoms with E-state index < -0.39 is 0 Å². The second-order valence-electron chi connectivity index (χ2n) is 5.83. The fourth-order valence-electron chi connectivity index (χ4n) is 2.77. The van der Waals surface area contributed by atoms with Gasteiger partial charge in [-0.2, -0.15) is 0 Å². The first kappa shape index (κ1) is 16.8. The van der Waals surface area contributed by atoms with Crippen LogP contribution in [0.15, 0.2) is 84.9 Å². The van der Waals surface area contributed by atoms with Gasteiger partial charge in [-0.1, -0.05) is 60.7 Å². The minimum atomic E-state index is -0.134. The largest absolute Gasteiger partial charge is 0.497 e. The van der Waals surface area contributed by atoms with Gasteiger partial charge in [0, 0.05) is 17.7 Å². The minimum absolute atomic E-state index is 0.108. The molecule has 1 N–H and O–H groups in total. The van der Waals surface area contributed by atoms with Crippen LogP contribution in [0, 0.1) is 0 Å². The molecule has 3 heteroatoms. The van der Waals surface area contributed by atoms with Crippen molar-refractivity contribution in [2.45, 2.75) is 12.5 Å². The SMILES string of the molecule is COc1cccc(C(CC(=O)c2ccccc2)Nc2ccccc2)c1. The van der Waals surface area contributed by atoms with E-state index >= 15 is 0 Å². The number of ether oxygens (including phenoxy) is 1. The lowest BCUT2D eigenvalue weighted by Crippen LogP contribution is -2.16. The average molecular weight is 331 g/mol. The Balaban J connectivity index is 1.87. The molecule has 0 radical (unpaired) electrons. The molecule has 0 spiro atoms. The average Bonchev–Trinajstić information content (AvgIpc) is 2.69. The summed E-state index contributed by atoms with van der Waals surface area (Å²) < 4.78 is 5.33. The van der Waals surface area contributed by atoms with E-state index in [-0.39, 0.29) is 11.8 Å². The molecule has 0 bridgehead atoms. The van der Waals surface area contributed by atoms with Crippen LogP contribution in [0.5, 0.6) is 5.75 Å².